The van der Waals surface area contributed by atoms with Crippen LogP contribution >= 0.6 is 12.2 Å². The molecule has 0 saturated carbocycles. The maximum Gasteiger partial charge on any atom is 0.273 e. The average Bonchev–Trinajstić information content (AvgIpc) is 3.48. The van der Waals surface area contributed by atoms with Gasteiger partial charge in [-0.15, -0.1) is 0 Å². The Morgan fingerprint density at radius 3 is 2.57 bits per heavy atom. The predicted molar refractivity (Wildman–Crippen MR) is 166 cm³/mol. The third-order valence-electron chi connectivity index (χ3n) is 7.59. The van der Waals surface area contributed by atoms with Crippen LogP contribution in [0.4, 0.5) is 17.1 Å². The van der Waals surface area contributed by atoms with Crippen molar-refractivity contribution in [3.63, 3.8) is 0 Å². The molecule has 1 fully saturated rings. The number of nitro benzene ring substituents is 1. The van der Waals surface area contributed by atoms with Gasteiger partial charge in [0.25, 0.3) is 5.69 Å². The molecule has 0 spiro atoms. The van der Waals surface area contributed by atoms with Crippen LogP contribution in [0.1, 0.15) is 53.6 Å². The Morgan fingerprint density at radius 1 is 1.14 bits per heavy atom. The van der Waals surface area contributed by atoms with Crippen molar-refractivity contribution in [2.24, 2.45) is 0 Å². The Bertz CT molecular complexity index is 1690. The molecule has 4 aromatic rings. The molecule has 0 radical (unpaired) electrons. The molecule has 2 atom stereocenters. The number of aryl methyl sites for hydroxylation is 2. The van der Waals surface area contributed by atoms with Crippen LogP contribution in [-0.4, -0.2) is 32.6 Å². The number of rotatable bonds is 8. The predicted octanol–water partition coefficient (Wildman–Crippen LogP) is 6.24. The second-order valence-electron chi connectivity index (χ2n) is 10.2. The molecule has 0 unspecified atom stereocenters. The Labute approximate surface area is 249 Å². The van der Waals surface area contributed by atoms with Gasteiger partial charge in [-0.05, 0) is 86.6 Å². The monoisotopic (exact) mass is 584 g/mol. The first-order valence-electron chi connectivity index (χ1n) is 13.6. The highest BCUT2D eigenvalue weighted by Crippen LogP contribution is 2.45. The molecule has 42 heavy (non-hydrogen) atoms. The number of nitro groups is 1. The molecule has 216 valence electrons. The van der Waals surface area contributed by atoms with E-state index in [4.69, 9.17) is 17.0 Å². The average molecular weight is 585 g/mol. The van der Waals surface area contributed by atoms with Gasteiger partial charge in [-0.3, -0.25) is 19.9 Å². The fourth-order valence-corrected chi connectivity index (χ4v) is 5.89. The molecule has 0 aliphatic carbocycles. The molecule has 2 aromatic heterocycles. The quantitative estimate of drug-likeness (QED) is 0.142. The number of benzene rings is 2. The van der Waals surface area contributed by atoms with E-state index in [0.29, 0.717) is 23.0 Å². The number of aromatic nitrogens is 2. The molecule has 1 aliphatic heterocycles. The molecule has 1 aliphatic rings. The number of methoxy groups -OCH3 is 1. The number of nitrogens with zero attached hydrogens (tertiary/aromatic N) is 4. The highest BCUT2D eigenvalue weighted by molar-refractivity contribution is 7.80. The normalized spacial score (nSPS) is 16.3. The number of non-ortho nitro benzene ring substituents is 1. The fraction of sp³-hybridized carbons (Fsp3) is 0.258. The lowest BCUT2D eigenvalue weighted by molar-refractivity contribution is -0.384. The highest BCUT2D eigenvalue weighted by Gasteiger charge is 2.42. The van der Waals surface area contributed by atoms with Crippen LogP contribution in [0.5, 0.6) is 5.75 Å². The smallest absolute Gasteiger partial charge is 0.273 e. The molecular formula is C31H32N6O4S. The zero-order valence-electron chi connectivity index (χ0n) is 24.0. The Hall–Kier alpha value is -4.77. The second kappa shape index (κ2) is 11.6. The van der Waals surface area contributed by atoms with Crippen LogP contribution in [0.15, 0.2) is 66.9 Å². The minimum atomic E-state index is -0.436. The first kappa shape index (κ1) is 28.7. The van der Waals surface area contributed by atoms with Crippen LogP contribution in [0, 0.1) is 30.9 Å². The number of carbonyl (C=O) groups is 1. The van der Waals surface area contributed by atoms with Crippen molar-refractivity contribution in [1.29, 1.82) is 0 Å². The van der Waals surface area contributed by atoms with E-state index in [2.05, 4.69) is 26.6 Å². The van der Waals surface area contributed by atoms with Crippen molar-refractivity contribution < 1.29 is 14.5 Å². The van der Waals surface area contributed by atoms with Gasteiger partial charge in [0.05, 0.1) is 41.6 Å². The lowest BCUT2D eigenvalue weighted by Gasteiger charge is -2.29. The molecule has 11 heteroatoms. The van der Waals surface area contributed by atoms with E-state index in [9.17, 15) is 14.9 Å². The number of amides is 1. The third-order valence-corrected chi connectivity index (χ3v) is 7.90. The maximum absolute atomic E-state index is 12.0. The van der Waals surface area contributed by atoms with E-state index in [0.717, 1.165) is 39.6 Å². The van der Waals surface area contributed by atoms with Gasteiger partial charge in [-0.1, -0.05) is 13.0 Å². The molecule has 0 bridgehead atoms. The summed E-state index contributed by atoms with van der Waals surface area (Å²) in [5, 5.41) is 18.4. The summed E-state index contributed by atoms with van der Waals surface area (Å²) >= 11 is 5.92. The second-order valence-corrected chi connectivity index (χ2v) is 10.6. The molecule has 5 rings (SSSR count). The third kappa shape index (κ3) is 5.18. The van der Waals surface area contributed by atoms with Gasteiger partial charge in [0.2, 0.25) is 5.91 Å². The summed E-state index contributed by atoms with van der Waals surface area (Å²) in [6.07, 6.45) is 2.16. The van der Waals surface area contributed by atoms with E-state index < -0.39 is 4.92 Å². The first-order chi connectivity index (χ1) is 20.1. The van der Waals surface area contributed by atoms with E-state index in [1.165, 1.54) is 19.2 Å². The van der Waals surface area contributed by atoms with Crippen LogP contribution in [0.3, 0.4) is 0 Å². The van der Waals surface area contributed by atoms with Crippen molar-refractivity contribution in [2.45, 2.75) is 46.2 Å². The number of pyridine rings is 1. The van der Waals surface area contributed by atoms with Crippen molar-refractivity contribution in [2.75, 3.05) is 17.3 Å². The number of nitrogens with one attached hydrogen (secondary N) is 2. The van der Waals surface area contributed by atoms with Gasteiger partial charge in [0.1, 0.15) is 5.75 Å². The topological polar surface area (TPSA) is 115 Å². The van der Waals surface area contributed by atoms with Crippen LogP contribution in [-0.2, 0) is 4.79 Å². The maximum atomic E-state index is 12.0. The van der Waals surface area contributed by atoms with Gasteiger partial charge < -0.3 is 24.8 Å². The van der Waals surface area contributed by atoms with Gasteiger partial charge in [0.15, 0.2) is 5.11 Å². The Balaban J connectivity index is 1.65. The standard InChI is InChI=1S/C31H32N6O4S/c1-6-28(38)33-24-12-10-21(15-18(24)2)36-30(29(34-31(36)42)25-9-7-8-14-32-25)23-16-19(3)35(20(23)4)26-13-11-22(37(39)40)17-27(26)41-5/h7-17,29-30H,6H2,1-5H3,(H,33,38)(H,34,42)/t29-,30-/m1/s1. The van der Waals surface area contributed by atoms with E-state index in [1.807, 2.05) is 68.7 Å². The number of carbonyl (C=O) groups excluding carboxylic acids is 1. The lowest BCUT2D eigenvalue weighted by atomic mass is 9.96. The van der Waals surface area contributed by atoms with E-state index in [1.54, 1.807) is 12.3 Å². The van der Waals surface area contributed by atoms with Gasteiger partial charge >= 0.3 is 0 Å². The Kier molecular flexibility index (Phi) is 7.95. The summed E-state index contributed by atoms with van der Waals surface area (Å²) in [7, 11) is 1.50. The van der Waals surface area contributed by atoms with Gasteiger partial charge in [-0.25, -0.2) is 0 Å². The van der Waals surface area contributed by atoms with Crippen LogP contribution in [0.2, 0.25) is 0 Å². The van der Waals surface area contributed by atoms with E-state index >= 15 is 0 Å². The van der Waals surface area contributed by atoms with Crippen LogP contribution < -0.4 is 20.3 Å². The minimum absolute atomic E-state index is 0.0426. The fourth-order valence-electron chi connectivity index (χ4n) is 5.55. The molecule has 2 N–H and O–H groups in total. The summed E-state index contributed by atoms with van der Waals surface area (Å²) in [4.78, 5) is 29.8. The lowest BCUT2D eigenvalue weighted by Crippen LogP contribution is -2.29. The molecule has 1 amide bonds. The minimum Gasteiger partial charge on any atom is -0.494 e. The molecular weight excluding hydrogens is 552 g/mol. The van der Waals surface area contributed by atoms with Gasteiger partial charge in [-0.2, -0.15) is 0 Å². The SMILES string of the molecule is CCC(=O)Nc1ccc(N2C(=S)N[C@H](c3ccccn3)[C@H]2c2cc(C)n(-c3ccc([N+](=O)[O-])cc3OC)c2C)cc1C. The molecule has 3 heterocycles. The summed E-state index contributed by atoms with van der Waals surface area (Å²) in [5.41, 5.74) is 6.92. The van der Waals surface area contributed by atoms with Crippen molar-refractivity contribution in [3.05, 3.63) is 105 Å². The van der Waals surface area contributed by atoms with Crippen LogP contribution in [0.25, 0.3) is 5.69 Å². The zero-order valence-corrected chi connectivity index (χ0v) is 24.9. The number of ether oxygens (including phenoxy) is 1. The van der Waals surface area contributed by atoms with Crippen molar-refractivity contribution in [1.82, 2.24) is 14.9 Å². The summed E-state index contributed by atoms with van der Waals surface area (Å²) < 4.78 is 7.63. The van der Waals surface area contributed by atoms with Crippen molar-refractivity contribution >= 4 is 40.3 Å². The number of anilines is 2. The molecule has 1 saturated heterocycles. The highest BCUT2D eigenvalue weighted by atomic mass is 32.1. The number of thiocarbonyl (C=S) groups is 1. The molecule has 2 aromatic carbocycles. The first-order valence-corrected chi connectivity index (χ1v) is 14.0. The number of hydrogen-bond acceptors (Lipinski definition) is 6. The molecule has 10 nitrogen and oxygen atoms in total. The largest absolute Gasteiger partial charge is 0.494 e. The Morgan fingerprint density at radius 2 is 1.93 bits per heavy atom. The van der Waals surface area contributed by atoms with Gasteiger partial charge in [0, 0.05) is 41.4 Å². The number of hydrogen-bond donors (Lipinski definition) is 2. The summed E-state index contributed by atoms with van der Waals surface area (Å²) in [6, 6.07) is 17.9. The van der Waals surface area contributed by atoms with E-state index in [-0.39, 0.29) is 23.7 Å². The van der Waals surface area contributed by atoms with Crippen molar-refractivity contribution in [3.8, 4) is 11.4 Å². The zero-order chi connectivity index (χ0) is 30.1. The summed E-state index contributed by atoms with van der Waals surface area (Å²) in [6.45, 7) is 7.79. The summed E-state index contributed by atoms with van der Waals surface area (Å²) in [5.74, 6) is 0.350.